The zero-order valence-electron chi connectivity index (χ0n) is 16.2. The van der Waals surface area contributed by atoms with E-state index < -0.39 is 6.10 Å². The van der Waals surface area contributed by atoms with Crippen LogP contribution in [0.4, 0.5) is 0 Å². The van der Waals surface area contributed by atoms with E-state index in [1.807, 2.05) is 0 Å². The highest BCUT2D eigenvalue weighted by molar-refractivity contribution is 9.08. The Labute approximate surface area is 161 Å². The summed E-state index contributed by atoms with van der Waals surface area (Å²) >= 11 is 3.57. The van der Waals surface area contributed by atoms with E-state index in [1.165, 1.54) is 23.8 Å². The highest BCUT2D eigenvalue weighted by Crippen LogP contribution is 2.31. The fourth-order valence-corrected chi connectivity index (χ4v) is 3.37. The van der Waals surface area contributed by atoms with Gasteiger partial charge in [0.2, 0.25) is 0 Å². The van der Waals surface area contributed by atoms with Crippen molar-refractivity contribution in [1.29, 1.82) is 0 Å². The van der Waals surface area contributed by atoms with Gasteiger partial charge in [-0.2, -0.15) is 0 Å². The fourth-order valence-electron chi connectivity index (χ4n) is 3.04. The van der Waals surface area contributed by atoms with Crippen molar-refractivity contribution in [2.45, 2.75) is 83.6 Å². The van der Waals surface area contributed by atoms with Crippen LogP contribution in [0.5, 0.6) is 5.75 Å². The van der Waals surface area contributed by atoms with Crippen LogP contribution in [0, 0.1) is 0 Å². The van der Waals surface area contributed by atoms with E-state index >= 15 is 0 Å². The van der Waals surface area contributed by atoms with Gasteiger partial charge in [0.05, 0.1) is 7.11 Å². The lowest BCUT2D eigenvalue weighted by Gasteiger charge is -2.22. The minimum absolute atomic E-state index is 0.273. The molecule has 0 saturated heterocycles. The molecule has 1 atom stereocenters. The summed E-state index contributed by atoms with van der Waals surface area (Å²) in [6.07, 6.45) is 7.39. The standard InChI is InChI=1S/C21H33BrO3/c1-5-8-9-12-19(21(23)24-4)25-20-17(10-6-2)13-16(15-22)14-18(20)11-7-3/h13-14,19H,5-12,15H2,1-4H3. The Morgan fingerprint density at radius 1 is 1.04 bits per heavy atom. The predicted molar refractivity (Wildman–Crippen MR) is 108 cm³/mol. The molecule has 0 fully saturated rings. The molecule has 0 saturated carbocycles. The van der Waals surface area contributed by atoms with E-state index in [9.17, 15) is 4.79 Å². The molecule has 4 heteroatoms. The summed E-state index contributed by atoms with van der Waals surface area (Å²) in [5.74, 6) is 0.630. The van der Waals surface area contributed by atoms with Gasteiger partial charge < -0.3 is 9.47 Å². The normalized spacial score (nSPS) is 12.0. The number of benzene rings is 1. The average molecular weight is 413 g/mol. The van der Waals surface area contributed by atoms with Gasteiger partial charge in [0.15, 0.2) is 6.10 Å². The van der Waals surface area contributed by atoms with Gasteiger partial charge in [-0.15, -0.1) is 0 Å². The van der Waals surface area contributed by atoms with Crippen molar-refractivity contribution < 1.29 is 14.3 Å². The molecule has 0 heterocycles. The van der Waals surface area contributed by atoms with Gasteiger partial charge in [0.1, 0.15) is 5.75 Å². The second-order valence-corrected chi connectivity index (χ2v) is 7.06. The molecule has 142 valence electrons. The van der Waals surface area contributed by atoms with E-state index in [0.29, 0.717) is 6.42 Å². The number of carbonyl (C=O) groups is 1. The SMILES string of the molecule is CCCCCC(Oc1c(CCC)cc(CBr)cc1CCC)C(=O)OC. The summed E-state index contributed by atoms with van der Waals surface area (Å²) in [4.78, 5) is 12.2. The number of methoxy groups -OCH3 is 1. The highest BCUT2D eigenvalue weighted by atomic mass is 79.9. The maximum atomic E-state index is 12.2. The van der Waals surface area contributed by atoms with Crippen molar-refractivity contribution in [2.24, 2.45) is 0 Å². The Bertz CT molecular complexity index is 501. The third kappa shape index (κ3) is 7.01. The smallest absolute Gasteiger partial charge is 0.347 e. The molecular weight excluding hydrogens is 380 g/mol. The third-order valence-corrected chi connectivity index (χ3v) is 4.94. The van der Waals surface area contributed by atoms with Gasteiger partial charge >= 0.3 is 5.97 Å². The van der Waals surface area contributed by atoms with E-state index in [0.717, 1.165) is 56.0 Å². The molecule has 0 aliphatic heterocycles. The van der Waals surface area contributed by atoms with Crippen LogP contribution in [0.1, 0.15) is 76.0 Å². The summed E-state index contributed by atoms with van der Waals surface area (Å²) in [5.41, 5.74) is 3.67. The lowest BCUT2D eigenvalue weighted by Crippen LogP contribution is -2.29. The summed E-state index contributed by atoms with van der Waals surface area (Å²) in [6.45, 7) is 6.50. The first kappa shape index (κ1) is 22.0. The van der Waals surface area contributed by atoms with Crippen LogP contribution in [0.25, 0.3) is 0 Å². The van der Waals surface area contributed by atoms with Gasteiger partial charge in [0, 0.05) is 5.33 Å². The first-order valence-corrected chi connectivity index (χ1v) is 10.7. The molecule has 1 aromatic carbocycles. The van der Waals surface area contributed by atoms with Crippen LogP contribution in [0.15, 0.2) is 12.1 Å². The highest BCUT2D eigenvalue weighted by Gasteiger charge is 2.23. The zero-order chi connectivity index (χ0) is 18.7. The van der Waals surface area contributed by atoms with Crippen molar-refractivity contribution in [2.75, 3.05) is 7.11 Å². The van der Waals surface area contributed by atoms with Crippen LogP contribution < -0.4 is 4.74 Å². The number of rotatable bonds is 12. The Hall–Kier alpha value is -1.03. The molecule has 0 aliphatic carbocycles. The second-order valence-electron chi connectivity index (χ2n) is 6.50. The van der Waals surface area contributed by atoms with E-state index in [2.05, 4.69) is 48.8 Å². The van der Waals surface area contributed by atoms with Crippen LogP contribution in [-0.4, -0.2) is 19.2 Å². The molecule has 0 N–H and O–H groups in total. The molecular formula is C21H33BrO3. The molecule has 25 heavy (non-hydrogen) atoms. The van der Waals surface area contributed by atoms with Gasteiger partial charge in [-0.25, -0.2) is 4.79 Å². The monoisotopic (exact) mass is 412 g/mol. The summed E-state index contributed by atoms with van der Waals surface area (Å²) in [7, 11) is 1.44. The summed E-state index contributed by atoms with van der Waals surface area (Å²) in [5, 5.41) is 0.831. The molecule has 0 aliphatic rings. The number of aryl methyl sites for hydroxylation is 2. The fraction of sp³-hybridized carbons (Fsp3) is 0.667. The molecule has 0 spiro atoms. The Morgan fingerprint density at radius 3 is 2.08 bits per heavy atom. The predicted octanol–water partition coefficient (Wildman–Crippen LogP) is 5.99. The number of unbranched alkanes of at least 4 members (excludes halogenated alkanes) is 2. The minimum atomic E-state index is -0.516. The van der Waals surface area contributed by atoms with Crippen molar-refractivity contribution >= 4 is 21.9 Å². The molecule has 1 aromatic rings. The lowest BCUT2D eigenvalue weighted by molar-refractivity contribution is -0.149. The zero-order valence-corrected chi connectivity index (χ0v) is 17.8. The number of hydrogen-bond donors (Lipinski definition) is 0. The number of esters is 1. The van der Waals surface area contributed by atoms with Crippen LogP contribution in [0.2, 0.25) is 0 Å². The number of alkyl halides is 1. The first-order valence-electron chi connectivity index (χ1n) is 9.56. The van der Waals surface area contributed by atoms with Crippen molar-refractivity contribution in [3.8, 4) is 5.75 Å². The van der Waals surface area contributed by atoms with Gasteiger partial charge in [-0.3, -0.25) is 0 Å². The topological polar surface area (TPSA) is 35.5 Å². The number of hydrogen-bond acceptors (Lipinski definition) is 3. The lowest BCUT2D eigenvalue weighted by atomic mass is 9.98. The maximum absolute atomic E-state index is 12.2. The second kappa shape index (κ2) is 12.3. The molecule has 0 amide bonds. The molecule has 0 radical (unpaired) electrons. The molecule has 1 unspecified atom stereocenters. The number of ether oxygens (including phenoxy) is 2. The Balaban J connectivity index is 3.17. The van der Waals surface area contributed by atoms with E-state index in [1.54, 1.807) is 0 Å². The van der Waals surface area contributed by atoms with E-state index in [-0.39, 0.29) is 5.97 Å². The van der Waals surface area contributed by atoms with Crippen molar-refractivity contribution in [3.05, 3.63) is 28.8 Å². The molecule has 3 nitrogen and oxygen atoms in total. The van der Waals surface area contributed by atoms with Crippen LogP contribution in [0.3, 0.4) is 0 Å². The molecule has 0 aromatic heterocycles. The summed E-state index contributed by atoms with van der Waals surface area (Å²) in [6, 6.07) is 4.40. The number of carbonyl (C=O) groups excluding carboxylic acids is 1. The largest absolute Gasteiger partial charge is 0.478 e. The van der Waals surface area contributed by atoms with Crippen molar-refractivity contribution in [1.82, 2.24) is 0 Å². The minimum Gasteiger partial charge on any atom is -0.478 e. The molecule has 1 rings (SSSR count). The average Bonchev–Trinajstić information content (AvgIpc) is 2.62. The van der Waals surface area contributed by atoms with Gasteiger partial charge in [-0.05, 0) is 42.4 Å². The third-order valence-electron chi connectivity index (χ3n) is 4.29. The maximum Gasteiger partial charge on any atom is 0.347 e. The quantitative estimate of drug-likeness (QED) is 0.240. The van der Waals surface area contributed by atoms with Crippen molar-refractivity contribution in [3.63, 3.8) is 0 Å². The van der Waals surface area contributed by atoms with Crippen LogP contribution in [-0.2, 0) is 27.7 Å². The van der Waals surface area contributed by atoms with Gasteiger partial charge in [0.25, 0.3) is 0 Å². The van der Waals surface area contributed by atoms with E-state index in [4.69, 9.17) is 9.47 Å². The first-order chi connectivity index (χ1) is 12.1. The molecule has 0 bridgehead atoms. The van der Waals surface area contributed by atoms with Gasteiger partial charge in [-0.1, -0.05) is 74.5 Å². The number of halogens is 1. The summed E-state index contributed by atoms with van der Waals surface area (Å²) < 4.78 is 11.3. The Kier molecular flexibility index (Phi) is 10.9. The van der Waals surface area contributed by atoms with Crippen LogP contribution >= 0.6 is 15.9 Å². The Morgan fingerprint density at radius 2 is 1.64 bits per heavy atom.